The van der Waals surface area contributed by atoms with Crippen LogP contribution in [0.1, 0.15) is 42.9 Å². The number of anilines is 1. The van der Waals surface area contributed by atoms with E-state index in [0.717, 1.165) is 28.6 Å². The standard InChI is InChI=1S/C28H36FN5/c1-21-3-4-23(27(29)19-21)20-30-24-7-5-22(6-8-24)28-13-14-34(31-28)26-11-9-25(10-12-26)33-17-15-32(2)16-18-33/h3-8,13-14,19,25-26,30H,9-12,15-18,20H2,1-2H3. The molecule has 0 bridgehead atoms. The Hall–Kier alpha value is -2.70. The second-order valence-electron chi connectivity index (χ2n) is 10.0. The third-order valence-corrected chi connectivity index (χ3v) is 7.58. The molecule has 0 spiro atoms. The Morgan fingerprint density at radius 2 is 1.62 bits per heavy atom. The van der Waals surface area contributed by atoms with Crippen LogP contribution in [-0.4, -0.2) is 58.8 Å². The summed E-state index contributed by atoms with van der Waals surface area (Å²) in [5.74, 6) is -0.160. The third-order valence-electron chi connectivity index (χ3n) is 7.58. The third kappa shape index (κ3) is 5.34. The quantitative estimate of drug-likeness (QED) is 0.538. The molecule has 1 saturated heterocycles. The first-order chi connectivity index (χ1) is 16.5. The largest absolute Gasteiger partial charge is 0.381 e. The van der Waals surface area contributed by atoms with Crippen molar-refractivity contribution >= 4 is 5.69 Å². The Bertz CT molecular complexity index is 1080. The molecule has 1 aliphatic heterocycles. The lowest BCUT2D eigenvalue weighted by atomic mass is 9.90. The van der Waals surface area contributed by atoms with Gasteiger partial charge < -0.3 is 10.2 Å². The second kappa shape index (κ2) is 10.3. The van der Waals surface area contributed by atoms with Crippen LogP contribution in [0.5, 0.6) is 0 Å². The Morgan fingerprint density at radius 3 is 2.32 bits per heavy atom. The van der Waals surface area contributed by atoms with Gasteiger partial charge in [0.1, 0.15) is 5.82 Å². The number of nitrogens with zero attached hydrogens (tertiary/aromatic N) is 4. The summed E-state index contributed by atoms with van der Waals surface area (Å²) in [6.45, 7) is 7.18. The predicted octanol–water partition coefficient (Wildman–Crippen LogP) is 5.34. The molecule has 0 radical (unpaired) electrons. The van der Waals surface area contributed by atoms with Crippen molar-refractivity contribution in [2.24, 2.45) is 0 Å². The average Bonchev–Trinajstić information content (AvgIpc) is 3.35. The number of halogens is 1. The maximum Gasteiger partial charge on any atom is 0.128 e. The summed E-state index contributed by atoms with van der Waals surface area (Å²) in [5.41, 5.74) is 4.71. The van der Waals surface area contributed by atoms with Crippen LogP contribution >= 0.6 is 0 Å². The number of hydrogen-bond donors (Lipinski definition) is 1. The smallest absolute Gasteiger partial charge is 0.128 e. The van der Waals surface area contributed by atoms with Gasteiger partial charge >= 0.3 is 0 Å². The number of rotatable bonds is 6. The summed E-state index contributed by atoms with van der Waals surface area (Å²) in [6, 6.07) is 17.0. The van der Waals surface area contributed by atoms with Crippen molar-refractivity contribution in [1.29, 1.82) is 0 Å². The van der Waals surface area contributed by atoms with Gasteiger partial charge in [-0.15, -0.1) is 0 Å². The SMILES string of the molecule is Cc1ccc(CNc2ccc(-c3ccn(C4CCC(N5CCN(C)CC5)CC4)n3)cc2)c(F)c1. The van der Waals surface area contributed by atoms with E-state index in [2.05, 4.69) is 51.2 Å². The number of aryl methyl sites for hydroxylation is 1. The van der Waals surface area contributed by atoms with E-state index in [1.807, 2.05) is 31.2 Å². The van der Waals surface area contributed by atoms with E-state index in [9.17, 15) is 4.39 Å². The van der Waals surface area contributed by atoms with Crippen LogP contribution in [0.4, 0.5) is 10.1 Å². The van der Waals surface area contributed by atoms with Crippen molar-refractivity contribution < 1.29 is 4.39 Å². The molecular formula is C28H36FN5. The van der Waals surface area contributed by atoms with E-state index in [1.54, 1.807) is 6.07 Å². The summed E-state index contributed by atoms with van der Waals surface area (Å²) in [6.07, 6.45) is 7.09. The summed E-state index contributed by atoms with van der Waals surface area (Å²) in [5, 5.41) is 8.24. The molecule has 2 fully saturated rings. The topological polar surface area (TPSA) is 36.3 Å². The predicted molar refractivity (Wildman–Crippen MR) is 136 cm³/mol. The molecule has 0 atom stereocenters. The monoisotopic (exact) mass is 461 g/mol. The fraction of sp³-hybridized carbons (Fsp3) is 0.464. The van der Waals surface area contributed by atoms with Crippen LogP contribution in [-0.2, 0) is 6.54 Å². The maximum absolute atomic E-state index is 14.1. The number of aromatic nitrogens is 2. The molecule has 3 aromatic rings. The summed E-state index contributed by atoms with van der Waals surface area (Å²) in [7, 11) is 2.22. The molecule has 1 aliphatic carbocycles. The van der Waals surface area contributed by atoms with Gasteiger partial charge in [-0.05, 0) is 69.5 Å². The molecule has 5 nitrogen and oxygen atoms in total. The van der Waals surface area contributed by atoms with Crippen LogP contribution < -0.4 is 5.32 Å². The average molecular weight is 462 g/mol. The van der Waals surface area contributed by atoms with E-state index in [4.69, 9.17) is 5.10 Å². The van der Waals surface area contributed by atoms with Crippen molar-refractivity contribution in [1.82, 2.24) is 19.6 Å². The molecule has 2 aromatic carbocycles. The zero-order valence-electron chi connectivity index (χ0n) is 20.4. The van der Waals surface area contributed by atoms with Crippen molar-refractivity contribution in [3.05, 3.63) is 71.7 Å². The first kappa shape index (κ1) is 23.1. The second-order valence-corrected chi connectivity index (χ2v) is 10.0. The van der Waals surface area contributed by atoms with Gasteiger partial charge in [0.25, 0.3) is 0 Å². The highest BCUT2D eigenvalue weighted by molar-refractivity contribution is 5.62. The fourth-order valence-electron chi connectivity index (χ4n) is 5.32. The van der Waals surface area contributed by atoms with Gasteiger partial charge in [-0.1, -0.05) is 24.3 Å². The Balaban J connectivity index is 1.15. The van der Waals surface area contributed by atoms with Crippen LogP contribution in [0, 0.1) is 12.7 Å². The minimum absolute atomic E-state index is 0.160. The molecule has 180 valence electrons. The molecule has 0 amide bonds. The zero-order chi connectivity index (χ0) is 23.5. The van der Waals surface area contributed by atoms with Crippen LogP contribution in [0.2, 0.25) is 0 Å². The minimum atomic E-state index is -0.160. The number of piperazine rings is 1. The first-order valence-electron chi connectivity index (χ1n) is 12.6. The van der Waals surface area contributed by atoms with E-state index in [-0.39, 0.29) is 5.82 Å². The van der Waals surface area contributed by atoms with Crippen molar-refractivity contribution in [2.75, 3.05) is 38.5 Å². The summed E-state index contributed by atoms with van der Waals surface area (Å²) in [4.78, 5) is 5.13. The van der Waals surface area contributed by atoms with Gasteiger partial charge in [-0.3, -0.25) is 9.58 Å². The lowest BCUT2D eigenvalue weighted by Crippen LogP contribution is -2.49. The Labute approximate surface area is 202 Å². The number of nitrogens with one attached hydrogen (secondary N) is 1. The van der Waals surface area contributed by atoms with Crippen LogP contribution in [0.25, 0.3) is 11.3 Å². The molecular weight excluding hydrogens is 425 g/mol. The lowest BCUT2D eigenvalue weighted by molar-refractivity contribution is 0.0811. The molecule has 1 saturated carbocycles. The minimum Gasteiger partial charge on any atom is -0.381 e. The molecule has 1 aromatic heterocycles. The summed E-state index contributed by atoms with van der Waals surface area (Å²) < 4.78 is 16.3. The van der Waals surface area contributed by atoms with Gasteiger partial charge in [-0.2, -0.15) is 5.10 Å². The van der Waals surface area contributed by atoms with Gasteiger partial charge in [0, 0.05) is 61.8 Å². The molecule has 0 unspecified atom stereocenters. The van der Waals surface area contributed by atoms with Crippen LogP contribution in [0.3, 0.4) is 0 Å². The number of benzene rings is 2. The first-order valence-corrected chi connectivity index (χ1v) is 12.6. The van der Waals surface area contributed by atoms with Gasteiger partial charge in [0.2, 0.25) is 0 Å². The fourth-order valence-corrected chi connectivity index (χ4v) is 5.32. The Morgan fingerprint density at radius 1 is 0.912 bits per heavy atom. The Kier molecular flexibility index (Phi) is 6.97. The van der Waals surface area contributed by atoms with Gasteiger partial charge in [-0.25, -0.2) is 4.39 Å². The van der Waals surface area contributed by atoms with Crippen molar-refractivity contribution in [3.8, 4) is 11.3 Å². The summed E-state index contributed by atoms with van der Waals surface area (Å²) >= 11 is 0. The van der Waals surface area contributed by atoms with E-state index < -0.39 is 0 Å². The highest BCUT2D eigenvalue weighted by Gasteiger charge is 2.28. The van der Waals surface area contributed by atoms with Gasteiger partial charge in [0.15, 0.2) is 0 Å². The number of likely N-dealkylation sites (N-methyl/N-ethyl adjacent to an activating group) is 1. The molecule has 34 heavy (non-hydrogen) atoms. The van der Waals surface area contributed by atoms with Gasteiger partial charge in [0.05, 0.1) is 11.7 Å². The molecule has 2 heterocycles. The zero-order valence-corrected chi connectivity index (χ0v) is 20.4. The van der Waals surface area contributed by atoms with Crippen molar-refractivity contribution in [2.45, 2.75) is 51.2 Å². The molecule has 2 aliphatic rings. The van der Waals surface area contributed by atoms with Crippen LogP contribution in [0.15, 0.2) is 54.7 Å². The normalized spacial score (nSPS) is 22.1. The highest BCUT2D eigenvalue weighted by Crippen LogP contribution is 2.32. The molecule has 6 heteroatoms. The molecule has 5 rings (SSSR count). The van der Waals surface area contributed by atoms with Crippen molar-refractivity contribution in [3.63, 3.8) is 0 Å². The lowest BCUT2D eigenvalue weighted by Gasteiger charge is -2.41. The molecule has 1 N–H and O–H groups in total. The van der Waals surface area contributed by atoms with E-state index in [1.165, 1.54) is 51.9 Å². The highest BCUT2D eigenvalue weighted by atomic mass is 19.1. The number of hydrogen-bond acceptors (Lipinski definition) is 4. The van der Waals surface area contributed by atoms with E-state index in [0.29, 0.717) is 18.2 Å². The maximum atomic E-state index is 14.1. The van der Waals surface area contributed by atoms with E-state index >= 15 is 0 Å².